The fourth-order valence-electron chi connectivity index (χ4n) is 2.42. The van der Waals surface area contributed by atoms with Gasteiger partial charge in [0, 0.05) is 24.2 Å². The maximum absolute atomic E-state index is 13.4. The standard InChI is InChI=1S/C14H14ClF3N2O4/c15-8-3-4-10-11(6-8)24-14(23-10,13(16,17)18)20-12(21)19-7-9-2-1-5-22-9/h3-4,6,9H,1-2,5,7H2,(H2,19,20,21)/t9-,14-/m0/s1. The van der Waals surface area contributed by atoms with Crippen LogP contribution in [-0.2, 0) is 4.74 Å². The molecule has 1 aromatic rings. The van der Waals surface area contributed by atoms with Crippen molar-refractivity contribution >= 4 is 17.6 Å². The highest BCUT2D eigenvalue weighted by Gasteiger charge is 2.65. The van der Waals surface area contributed by atoms with Crippen LogP contribution in [0.4, 0.5) is 18.0 Å². The second kappa shape index (κ2) is 6.21. The number of carbonyl (C=O) groups excluding carboxylic acids is 1. The minimum absolute atomic E-state index is 0.0958. The molecule has 0 bridgehead atoms. The van der Waals surface area contributed by atoms with E-state index in [2.05, 4.69) is 5.32 Å². The lowest BCUT2D eigenvalue weighted by Gasteiger charge is -2.29. The zero-order chi connectivity index (χ0) is 17.4. The molecule has 10 heteroatoms. The highest BCUT2D eigenvalue weighted by Crippen LogP contribution is 2.46. The SMILES string of the molecule is O=C(NC[C@@H]1CCCO1)N[C@@]1(C(F)(F)F)Oc2ccc(Cl)cc2O1. The molecule has 2 aliphatic rings. The number of carbonyl (C=O) groups is 1. The molecule has 2 atom stereocenters. The summed E-state index contributed by atoms with van der Waals surface area (Å²) in [6.45, 7) is 0.668. The van der Waals surface area contributed by atoms with Crippen LogP contribution in [-0.4, -0.2) is 37.4 Å². The van der Waals surface area contributed by atoms with E-state index in [4.69, 9.17) is 25.8 Å². The van der Waals surface area contributed by atoms with Crippen molar-refractivity contribution < 1.29 is 32.2 Å². The molecule has 1 aromatic carbocycles. The van der Waals surface area contributed by atoms with E-state index in [-0.39, 0.29) is 29.2 Å². The topological polar surface area (TPSA) is 68.8 Å². The third-order valence-corrected chi connectivity index (χ3v) is 3.81. The van der Waals surface area contributed by atoms with Crippen molar-refractivity contribution in [2.75, 3.05) is 13.2 Å². The van der Waals surface area contributed by atoms with Gasteiger partial charge in [-0.1, -0.05) is 11.6 Å². The van der Waals surface area contributed by atoms with Gasteiger partial charge in [-0.25, -0.2) is 4.79 Å². The highest BCUT2D eigenvalue weighted by molar-refractivity contribution is 6.30. The average Bonchev–Trinajstić information content (AvgIpc) is 3.11. The third kappa shape index (κ3) is 3.32. The Morgan fingerprint density at radius 3 is 2.75 bits per heavy atom. The van der Waals surface area contributed by atoms with Gasteiger partial charge in [0.05, 0.1) is 6.10 Å². The summed E-state index contributed by atoms with van der Waals surface area (Å²) >= 11 is 5.73. The first-order valence-corrected chi connectivity index (χ1v) is 7.59. The quantitative estimate of drug-likeness (QED) is 0.863. The molecule has 3 rings (SSSR count). The Morgan fingerprint density at radius 1 is 1.33 bits per heavy atom. The molecule has 2 aliphatic heterocycles. The second-order valence-corrected chi connectivity index (χ2v) is 5.82. The molecular formula is C14H14ClF3N2O4. The smallest absolute Gasteiger partial charge is 0.424 e. The first-order valence-electron chi connectivity index (χ1n) is 7.21. The molecular weight excluding hydrogens is 353 g/mol. The van der Waals surface area contributed by atoms with Gasteiger partial charge in [-0.2, -0.15) is 13.2 Å². The first-order chi connectivity index (χ1) is 11.3. The van der Waals surface area contributed by atoms with Gasteiger partial charge in [-0.3, -0.25) is 5.32 Å². The summed E-state index contributed by atoms with van der Waals surface area (Å²) in [6, 6.07) is 2.68. The molecule has 0 aliphatic carbocycles. The summed E-state index contributed by atoms with van der Waals surface area (Å²) in [5.74, 6) is -3.68. The monoisotopic (exact) mass is 366 g/mol. The number of alkyl halides is 3. The van der Waals surface area contributed by atoms with Crippen LogP contribution in [0.15, 0.2) is 18.2 Å². The average molecular weight is 367 g/mol. The zero-order valence-electron chi connectivity index (χ0n) is 12.3. The highest BCUT2D eigenvalue weighted by atomic mass is 35.5. The van der Waals surface area contributed by atoms with Crippen molar-refractivity contribution in [1.29, 1.82) is 0 Å². The normalized spacial score (nSPS) is 25.6. The van der Waals surface area contributed by atoms with E-state index in [1.807, 2.05) is 0 Å². The van der Waals surface area contributed by atoms with Gasteiger partial charge in [-0.15, -0.1) is 0 Å². The molecule has 1 saturated heterocycles. The van der Waals surface area contributed by atoms with Crippen LogP contribution < -0.4 is 20.1 Å². The van der Waals surface area contributed by atoms with Crippen molar-refractivity contribution in [2.45, 2.75) is 31.0 Å². The number of amides is 2. The first kappa shape index (κ1) is 17.0. The molecule has 6 nitrogen and oxygen atoms in total. The van der Waals surface area contributed by atoms with Crippen molar-refractivity contribution in [3.8, 4) is 11.5 Å². The van der Waals surface area contributed by atoms with Crippen LogP contribution >= 0.6 is 11.6 Å². The van der Waals surface area contributed by atoms with Crippen molar-refractivity contribution in [3.05, 3.63) is 23.2 Å². The number of benzene rings is 1. The number of ether oxygens (including phenoxy) is 3. The predicted molar refractivity (Wildman–Crippen MR) is 77.0 cm³/mol. The Labute approximate surface area is 140 Å². The predicted octanol–water partition coefficient (Wildman–Crippen LogP) is 2.81. The number of hydrogen-bond acceptors (Lipinski definition) is 4. The third-order valence-electron chi connectivity index (χ3n) is 3.58. The Balaban J connectivity index is 1.70. The molecule has 24 heavy (non-hydrogen) atoms. The van der Waals surface area contributed by atoms with E-state index < -0.39 is 18.1 Å². The molecule has 0 spiro atoms. The van der Waals surface area contributed by atoms with Gasteiger partial charge in [-0.05, 0) is 25.0 Å². The Kier molecular flexibility index (Phi) is 4.39. The summed E-state index contributed by atoms with van der Waals surface area (Å²) in [6.07, 6.45) is -3.64. The van der Waals surface area contributed by atoms with Crippen LogP contribution in [0.3, 0.4) is 0 Å². The number of nitrogens with one attached hydrogen (secondary N) is 2. The number of rotatable bonds is 3. The molecule has 0 saturated carbocycles. The fourth-order valence-corrected chi connectivity index (χ4v) is 2.58. The molecule has 1 fully saturated rings. The van der Waals surface area contributed by atoms with Gasteiger partial charge in [0.15, 0.2) is 11.5 Å². The van der Waals surface area contributed by atoms with Crippen molar-refractivity contribution in [1.82, 2.24) is 10.6 Å². The van der Waals surface area contributed by atoms with E-state index >= 15 is 0 Å². The molecule has 2 heterocycles. The van der Waals surface area contributed by atoms with Crippen LogP contribution in [0.1, 0.15) is 12.8 Å². The largest absolute Gasteiger partial charge is 0.492 e. The maximum atomic E-state index is 13.4. The van der Waals surface area contributed by atoms with E-state index in [0.29, 0.717) is 6.61 Å². The minimum atomic E-state index is -5.01. The molecule has 0 aromatic heterocycles. The lowest BCUT2D eigenvalue weighted by molar-refractivity contribution is -0.317. The van der Waals surface area contributed by atoms with Crippen LogP contribution in [0.2, 0.25) is 5.02 Å². The Bertz CT molecular complexity index is 637. The Hall–Kier alpha value is -1.87. The molecule has 2 N–H and O–H groups in total. The fraction of sp³-hybridized carbons (Fsp3) is 0.500. The van der Waals surface area contributed by atoms with Gasteiger partial charge in [0.25, 0.3) is 0 Å². The summed E-state index contributed by atoms with van der Waals surface area (Å²) in [5, 5.41) is 4.21. The van der Waals surface area contributed by atoms with Crippen LogP contribution in [0, 0.1) is 0 Å². The molecule has 0 radical (unpaired) electrons. The summed E-state index contributed by atoms with van der Waals surface area (Å²) in [4.78, 5) is 11.9. The van der Waals surface area contributed by atoms with Gasteiger partial charge in [0.1, 0.15) is 0 Å². The zero-order valence-corrected chi connectivity index (χ0v) is 13.0. The lowest BCUT2D eigenvalue weighted by atomic mass is 10.2. The number of fused-ring (bicyclic) bond motifs is 1. The van der Waals surface area contributed by atoms with Crippen molar-refractivity contribution in [2.24, 2.45) is 0 Å². The van der Waals surface area contributed by atoms with Crippen LogP contribution in [0.25, 0.3) is 0 Å². The lowest BCUT2D eigenvalue weighted by Crippen LogP contribution is -2.66. The van der Waals surface area contributed by atoms with Gasteiger partial charge >= 0.3 is 18.1 Å². The summed E-state index contributed by atoms with van der Waals surface area (Å²) in [5.41, 5.74) is 0. The van der Waals surface area contributed by atoms with E-state index in [1.54, 1.807) is 5.32 Å². The summed E-state index contributed by atoms with van der Waals surface area (Å²) in [7, 11) is 0. The van der Waals surface area contributed by atoms with Gasteiger partial charge < -0.3 is 19.5 Å². The van der Waals surface area contributed by atoms with E-state index in [0.717, 1.165) is 12.8 Å². The van der Waals surface area contributed by atoms with Crippen molar-refractivity contribution in [3.63, 3.8) is 0 Å². The summed E-state index contributed by atoms with van der Waals surface area (Å²) < 4.78 is 55.3. The number of hydrogen-bond donors (Lipinski definition) is 2. The molecule has 132 valence electrons. The van der Waals surface area contributed by atoms with E-state index in [9.17, 15) is 18.0 Å². The van der Waals surface area contributed by atoms with E-state index in [1.165, 1.54) is 18.2 Å². The Morgan fingerprint density at radius 2 is 2.08 bits per heavy atom. The minimum Gasteiger partial charge on any atom is -0.424 e. The second-order valence-electron chi connectivity index (χ2n) is 5.38. The number of urea groups is 1. The number of halogens is 4. The van der Waals surface area contributed by atoms with Gasteiger partial charge in [0.2, 0.25) is 0 Å². The molecule has 0 unspecified atom stereocenters. The maximum Gasteiger partial charge on any atom is 0.492 e. The van der Waals surface area contributed by atoms with Crippen LogP contribution in [0.5, 0.6) is 11.5 Å². The molecule has 2 amide bonds.